The van der Waals surface area contributed by atoms with E-state index in [1.54, 1.807) is 42.3 Å². The lowest BCUT2D eigenvalue weighted by Gasteiger charge is -2.38. The second kappa shape index (κ2) is 11.3. The normalized spacial score (nSPS) is 24.0. The number of hydrogen-bond donors (Lipinski definition) is 1. The molecule has 3 heterocycles. The quantitative estimate of drug-likeness (QED) is 0.301. The lowest BCUT2D eigenvalue weighted by atomic mass is 9.75. The number of methoxy groups -OCH3 is 1. The van der Waals surface area contributed by atoms with Gasteiger partial charge in [-0.05, 0) is 84.5 Å². The van der Waals surface area contributed by atoms with E-state index in [-0.39, 0.29) is 23.1 Å². The van der Waals surface area contributed by atoms with Gasteiger partial charge in [0, 0.05) is 38.2 Å². The van der Waals surface area contributed by atoms with Crippen molar-refractivity contribution in [3.63, 3.8) is 0 Å². The third-order valence-corrected chi connectivity index (χ3v) is 11.3. The van der Waals surface area contributed by atoms with Gasteiger partial charge in [0.25, 0.3) is 0 Å². The van der Waals surface area contributed by atoms with Crippen LogP contribution in [0.1, 0.15) is 73.9 Å². The Morgan fingerprint density at radius 3 is 2.47 bits per heavy atom. The summed E-state index contributed by atoms with van der Waals surface area (Å²) < 4.78 is 63.2. The number of rotatable bonds is 7. The van der Waals surface area contributed by atoms with Crippen molar-refractivity contribution in [1.29, 1.82) is 0 Å². The molecular weight excluding hydrogens is 572 g/mol. The van der Waals surface area contributed by atoms with Gasteiger partial charge in [0.15, 0.2) is 9.84 Å². The summed E-state index contributed by atoms with van der Waals surface area (Å²) in [5.41, 5.74) is 8.89. The van der Waals surface area contributed by atoms with Crippen molar-refractivity contribution < 1.29 is 21.9 Å². The van der Waals surface area contributed by atoms with Crippen LogP contribution in [0.3, 0.4) is 0 Å². The van der Waals surface area contributed by atoms with Gasteiger partial charge in [0.2, 0.25) is 0 Å². The number of ether oxygens (including phenoxy) is 1. The molecule has 2 saturated carbocycles. The molecule has 0 bridgehead atoms. The van der Waals surface area contributed by atoms with Crippen LogP contribution in [0.5, 0.6) is 0 Å². The number of fused-ring (bicyclic) bond motifs is 1. The number of pyridine rings is 1. The summed E-state index contributed by atoms with van der Waals surface area (Å²) in [5.74, 6) is -0.805. The van der Waals surface area contributed by atoms with Crippen molar-refractivity contribution in [1.82, 2.24) is 19.6 Å². The number of nitrogens with zero attached hydrogens (tertiary/aromatic N) is 4. The third kappa shape index (κ3) is 5.47. The molecule has 0 radical (unpaired) electrons. The Balaban J connectivity index is 1.32. The minimum absolute atomic E-state index is 0.0627. The number of sulfone groups is 1. The summed E-state index contributed by atoms with van der Waals surface area (Å²) in [6.07, 6.45) is 11.4. The largest absolute Gasteiger partial charge is 0.374 e. The average Bonchev–Trinajstić information content (AvgIpc) is 3.60. The fraction of sp³-hybridized carbons (Fsp3) is 0.469. The van der Waals surface area contributed by atoms with Crippen LogP contribution in [-0.2, 0) is 26.6 Å². The maximum absolute atomic E-state index is 15.5. The van der Waals surface area contributed by atoms with Crippen LogP contribution in [0.2, 0.25) is 0 Å². The third-order valence-electron chi connectivity index (χ3n) is 9.50. The van der Waals surface area contributed by atoms with Gasteiger partial charge in [0.05, 0.1) is 33.8 Å². The first-order valence-electron chi connectivity index (χ1n) is 14.8. The molecule has 6 rings (SSSR count). The molecule has 2 fully saturated rings. The Hall–Kier alpha value is -3.28. The van der Waals surface area contributed by atoms with Crippen molar-refractivity contribution in [2.45, 2.75) is 74.7 Å². The summed E-state index contributed by atoms with van der Waals surface area (Å²) in [6, 6.07) is 7.58. The first kappa shape index (κ1) is 29.8. The van der Waals surface area contributed by atoms with Crippen molar-refractivity contribution in [2.75, 3.05) is 13.4 Å². The molecule has 4 atom stereocenters. The van der Waals surface area contributed by atoms with E-state index < -0.39 is 38.4 Å². The topological polar surface area (TPSA) is 112 Å². The van der Waals surface area contributed by atoms with Crippen molar-refractivity contribution in [2.24, 2.45) is 11.7 Å². The zero-order chi connectivity index (χ0) is 30.5. The molecule has 0 unspecified atom stereocenters. The SMILES string of the molecule is COC1(c2cc(F)c(-c3ccc4cnc(Cc5cnccc5[C@H]5C[C@@H](N)[C@@H](S(C)(=O)=O)[C@@H](C)C5)n4n3)c(F)c2)CCCC1. The fourth-order valence-electron chi connectivity index (χ4n) is 7.54. The van der Waals surface area contributed by atoms with E-state index in [1.165, 1.54) is 18.4 Å². The molecule has 2 N–H and O–H groups in total. The number of imidazole rings is 1. The molecule has 11 heteroatoms. The molecule has 1 aromatic carbocycles. The van der Waals surface area contributed by atoms with E-state index in [2.05, 4.69) is 15.1 Å². The predicted octanol–water partition coefficient (Wildman–Crippen LogP) is 5.33. The van der Waals surface area contributed by atoms with E-state index >= 15 is 8.78 Å². The van der Waals surface area contributed by atoms with Gasteiger partial charge in [-0.2, -0.15) is 5.10 Å². The Kier molecular flexibility index (Phi) is 7.85. The highest BCUT2D eigenvalue weighted by molar-refractivity contribution is 7.91. The molecule has 43 heavy (non-hydrogen) atoms. The Morgan fingerprint density at radius 1 is 1.09 bits per heavy atom. The van der Waals surface area contributed by atoms with Gasteiger partial charge < -0.3 is 10.5 Å². The second-order valence-corrected chi connectivity index (χ2v) is 14.5. The molecule has 2 aliphatic rings. The fourth-order valence-corrected chi connectivity index (χ4v) is 9.24. The van der Waals surface area contributed by atoms with E-state index in [4.69, 9.17) is 10.5 Å². The van der Waals surface area contributed by atoms with Gasteiger partial charge in [-0.1, -0.05) is 19.8 Å². The highest BCUT2D eigenvalue weighted by Gasteiger charge is 2.40. The predicted molar refractivity (Wildman–Crippen MR) is 160 cm³/mol. The van der Waals surface area contributed by atoms with Gasteiger partial charge in [-0.3, -0.25) is 4.98 Å². The lowest BCUT2D eigenvalue weighted by Crippen LogP contribution is -2.48. The maximum atomic E-state index is 15.5. The molecule has 4 aromatic rings. The van der Waals surface area contributed by atoms with E-state index in [1.807, 2.05) is 13.0 Å². The highest BCUT2D eigenvalue weighted by atomic mass is 32.2. The summed E-state index contributed by atoms with van der Waals surface area (Å²) in [6.45, 7) is 1.94. The Labute approximate surface area is 250 Å². The Bertz CT molecular complexity index is 1730. The minimum atomic E-state index is -3.27. The van der Waals surface area contributed by atoms with Gasteiger partial charge >= 0.3 is 0 Å². The van der Waals surface area contributed by atoms with Crippen LogP contribution < -0.4 is 5.73 Å². The minimum Gasteiger partial charge on any atom is -0.374 e. The molecule has 0 aliphatic heterocycles. The molecule has 0 spiro atoms. The number of benzene rings is 1. The molecule has 0 saturated heterocycles. The zero-order valence-electron chi connectivity index (χ0n) is 24.6. The first-order valence-corrected chi connectivity index (χ1v) is 16.7. The molecule has 0 amide bonds. The molecular formula is C32H37F2N5O3S. The summed E-state index contributed by atoms with van der Waals surface area (Å²) in [7, 11) is -1.68. The van der Waals surface area contributed by atoms with Crippen molar-refractivity contribution >= 4 is 15.4 Å². The maximum Gasteiger partial charge on any atom is 0.152 e. The average molecular weight is 610 g/mol. The highest BCUT2D eigenvalue weighted by Crippen LogP contribution is 2.43. The van der Waals surface area contributed by atoms with Crippen molar-refractivity contribution in [3.8, 4) is 11.3 Å². The van der Waals surface area contributed by atoms with E-state index in [9.17, 15) is 8.42 Å². The number of hydrogen-bond acceptors (Lipinski definition) is 7. The Morgan fingerprint density at radius 2 is 1.81 bits per heavy atom. The summed E-state index contributed by atoms with van der Waals surface area (Å²) in [4.78, 5) is 8.92. The molecule has 2 aliphatic carbocycles. The van der Waals surface area contributed by atoms with Gasteiger partial charge in [-0.25, -0.2) is 26.7 Å². The number of aromatic nitrogens is 4. The van der Waals surface area contributed by atoms with Crippen molar-refractivity contribution in [3.05, 3.63) is 83.1 Å². The van der Waals surface area contributed by atoms with E-state index in [0.29, 0.717) is 36.2 Å². The number of nitrogens with two attached hydrogens (primary N) is 1. The monoisotopic (exact) mass is 609 g/mol. The standard InChI is InChI=1S/C32H37F2N5O3S/c1-19-12-20(13-27(35)31(19)43(3,40)41)24-8-11-36-17-21(24)14-29-37-18-23-6-7-28(38-39(23)29)30-25(33)15-22(16-26(30)34)32(42-2)9-4-5-10-32/h6-8,11,15-20,27,31H,4-5,9-10,12-14,35H2,1-3H3/t19-,20+,27+,31-/m0/s1. The van der Waals surface area contributed by atoms with Crippen LogP contribution in [-0.4, -0.2) is 52.7 Å². The van der Waals surface area contributed by atoms with Crippen LogP contribution in [0, 0.1) is 17.6 Å². The number of halogens is 2. The van der Waals surface area contributed by atoms with Crippen LogP contribution in [0.15, 0.2) is 48.9 Å². The van der Waals surface area contributed by atoms with Crippen LogP contribution in [0.25, 0.3) is 16.8 Å². The van der Waals surface area contributed by atoms with Crippen LogP contribution in [0.4, 0.5) is 8.78 Å². The molecule has 3 aromatic heterocycles. The van der Waals surface area contributed by atoms with E-state index in [0.717, 1.165) is 36.8 Å². The summed E-state index contributed by atoms with van der Waals surface area (Å²) in [5, 5.41) is 4.06. The molecule has 8 nitrogen and oxygen atoms in total. The smallest absolute Gasteiger partial charge is 0.152 e. The zero-order valence-corrected chi connectivity index (χ0v) is 25.4. The first-order chi connectivity index (χ1) is 20.5. The molecule has 228 valence electrons. The van der Waals surface area contributed by atoms with Crippen LogP contribution >= 0.6 is 0 Å². The van der Waals surface area contributed by atoms with Gasteiger partial charge in [-0.15, -0.1) is 0 Å². The second-order valence-electron chi connectivity index (χ2n) is 12.3. The summed E-state index contributed by atoms with van der Waals surface area (Å²) >= 11 is 0. The van der Waals surface area contributed by atoms with Gasteiger partial charge in [0.1, 0.15) is 17.5 Å². The lowest BCUT2D eigenvalue weighted by molar-refractivity contribution is -0.00914.